The second-order valence-electron chi connectivity index (χ2n) is 8.85. The van der Waals surface area contributed by atoms with Crippen molar-refractivity contribution in [2.75, 3.05) is 68.7 Å². The number of halogens is 1. The van der Waals surface area contributed by atoms with Crippen LogP contribution in [0.3, 0.4) is 0 Å². The molecule has 0 aliphatic carbocycles. The van der Waals surface area contributed by atoms with Gasteiger partial charge >= 0.3 is 0 Å². The quantitative estimate of drug-likeness (QED) is 0.529. The number of aryl methyl sites for hydroxylation is 1. The Morgan fingerprint density at radius 2 is 1.58 bits per heavy atom. The Morgan fingerprint density at radius 3 is 2.33 bits per heavy atom. The molecule has 176 valence electrons. The zero-order valence-corrected chi connectivity index (χ0v) is 21.0. The summed E-state index contributed by atoms with van der Waals surface area (Å²) in [6, 6.07) is 10.5. The minimum absolute atomic E-state index is 0.805. The van der Waals surface area contributed by atoms with Gasteiger partial charge < -0.3 is 14.7 Å². The van der Waals surface area contributed by atoms with Crippen molar-refractivity contribution in [3.05, 3.63) is 52.8 Å². The normalized spacial score (nSPS) is 18.3. The van der Waals surface area contributed by atoms with Crippen molar-refractivity contribution in [2.24, 2.45) is 0 Å². The van der Waals surface area contributed by atoms with E-state index in [1.165, 1.54) is 16.9 Å². The fourth-order valence-corrected chi connectivity index (χ4v) is 5.80. The van der Waals surface area contributed by atoms with Gasteiger partial charge in [-0.3, -0.25) is 9.47 Å². The van der Waals surface area contributed by atoms with E-state index in [0.29, 0.717) is 0 Å². The first kappa shape index (κ1) is 22.7. The highest BCUT2D eigenvalue weighted by Gasteiger charge is 2.22. The van der Waals surface area contributed by atoms with Gasteiger partial charge in [0.2, 0.25) is 10.3 Å². The third-order valence-corrected chi connectivity index (χ3v) is 8.02. The summed E-state index contributed by atoms with van der Waals surface area (Å²) in [5.74, 6) is 0. The number of hydrogen-bond acceptors (Lipinski definition) is 7. The molecule has 0 saturated carbocycles. The number of likely N-dealkylation sites (N-methyl/N-ethyl adjacent to an activating group) is 1. The lowest BCUT2D eigenvalue weighted by atomic mass is 10.1. The maximum atomic E-state index is 6.24. The van der Waals surface area contributed by atoms with Gasteiger partial charge in [-0.15, -0.1) is 10.2 Å². The molecule has 1 aromatic carbocycles. The van der Waals surface area contributed by atoms with Gasteiger partial charge in [-0.25, -0.2) is 0 Å². The molecule has 9 heteroatoms. The van der Waals surface area contributed by atoms with Crippen molar-refractivity contribution >= 4 is 33.8 Å². The summed E-state index contributed by atoms with van der Waals surface area (Å²) in [5.41, 5.74) is 3.80. The van der Waals surface area contributed by atoms with Crippen molar-refractivity contribution in [1.29, 1.82) is 0 Å². The number of benzene rings is 1. The zero-order valence-electron chi connectivity index (χ0n) is 19.5. The molecule has 0 atom stereocenters. The fraction of sp³-hybridized carbons (Fsp3) is 0.500. The van der Waals surface area contributed by atoms with Gasteiger partial charge in [-0.2, -0.15) is 0 Å². The van der Waals surface area contributed by atoms with Crippen molar-refractivity contribution in [3.8, 4) is 5.13 Å². The van der Waals surface area contributed by atoms with E-state index in [2.05, 4.69) is 78.7 Å². The minimum atomic E-state index is 0.805. The summed E-state index contributed by atoms with van der Waals surface area (Å²) in [5, 5.41) is 11.8. The first-order chi connectivity index (χ1) is 16.1. The van der Waals surface area contributed by atoms with Crippen molar-refractivity contribution in [3.63, 3.8) is 0 Å². The Labute approximate surface area is 205 Å². The predicted molar refractivity (Wildman–Crippen MR) is 137 cm³/mol. The van der Waals surface area contributed by atoms with E-state index in [1.54, 1.807) is 11.3 Å². The molecule has 33 heavy (non-hydrogen) atoms. The molecular weight excluding hydrogens is 454 g/mol. The molecule has 7 nitrogen and oxygen atoms in total. The van der Waals surface area contributed by atoms with Crippen LogP contribution in [0.4, 0.5) is 10.8 Å². The molecule has 2 aliphatic rings. The molecule has 0 amide bonds. The van der Waals surface area contributed by atoms with Gasteiger partial charge in [0, 0.05) is 81.5 Å². The number of piperazine rings is 2. The molecule has 0 bridgehead atoms. The van der Waals surface area contributed by atoms with Gasteiger partial charge in [-0.1, -0.05) is 35.9 Å². The Hall–Kier alpha value is -2.13. The van der Waals surface area contributed by atoms with Crippen molar-refractivity contribution < 1.29 is 0 Å². The summed E-state index contributed by atoms with van der Waals surface area (Å²) >= 11 is 7.94. The molecule has 0 unspecified atom stereocenters. The van der Waals surface area contributed by atoms with E-state index in [1.807, 2.05) is 6.07 Å². The molecule has 2 fully saturated rings. The van der Waals surface area contributed by atoms with Crippen LogP contribution in [0.5, 0.6) is 0 Å². The average Bonchev–Trinajstić information content (AvgIpc) is 3.51. The summed E-state index contributed by atoms with van der Waals surface area (Å²) in [7, 11) is 0. The Bertz CT molecular complexity index is 1060. The topological polar surface area (TPSA) is 43.7 Å². The lowest BCUT2D eigenvalue weighted by molar-refractivity contribution is 0.246. The van der Waals surface area contributed by atoms with Gasteiger partial charge in [0.05, 0.1) is 0 Å². The van der Waals surface area contributed by atoms with Gasteiger partial charge in [0.15, 0.2) is 0 Å². The highest BCUT2D eigenvalue weighted by atomic mass is 35.5. The fourth-order valence-electron chi connectivity index (χ4n) is 4.72. The van der Waals surface area contributed by atoms with Crippen LogP contribution in [-0.4, -0.2) is 83.5 Å². The SMILES string of the molecule is CCN1CCN(c2nnc(-n3cccc3CN3CCN(c4cc(Cl)ccc4C)CC3)s2)CC1. The Balaban J connectivity index is 1.21. The first-order valence-electron chi connectivity index (χ1n) is 11.8. The third-order valence-electron chi connectivity index (χ3n) is 6.80. The number of aromatic nitrogens is 3. The van der Waals surface area contributed by atoms with Crippen LogP contribution in [0.25, 0.3) is 5.13 Å². The molecule has 5 rings (SSSR count). The van der Waals surface area contributed by atoms with Gasteiger partial charge in [0.25, 0.3) is 0 Å². The maximum absolute atomic E-state index is 6.24. The number of anilines is 2. The Kier molecular flexibility index (Phi) is 6.87. The summed E-state index contributed by atoms with van der Waals surface area (Å²) < 4.78 is 2.21. The van der Waals surface area contributed by atoms with Crippen LogP contribution in [0.1, 0.15) is 18.2 Å². The lowest BCUT2D eigenvalue weighted by Gasteiger charge is -2.37. The third kappa shape index (κ3) is 5.04. The van der Waals surface area contributed by atoms with E-state index < -0.39 is 0 Å². The molecule has 2 saturated heterocycles. The number of hydrogen-bond donors (Lipinski definition) is 0. The minimum Gasteiger partial charge on any atom is -0.369 e. The largest absolute Gasteiger partial charge is 0.369 e. The summed E-state index contributed by atoms with van der Waals surface area (Å²) in [4.78, 5) is 9.82. The van der Waals surface area contributed by atoms with Crippen molar-refractivity contribution in [2.45, 2.75) is 20.4 Å². The molecule has 2 aromatic heterocycles. The molecule has 0 radical (unpaired) electrons. The van der Waals surface area contributed by atoms with Gasteiger partial charge in [-0.05, 0) is 43.3 Å². The summed E-state index contributed by atoms with van der Waals surface area (Å²) in [6.07, 6.45) is 2.11. The van der Waals surface area contributed by atoms with E-state index in [4.69, 9.17) is 11.6 Å². The second-order valence-corrected chi connectivity index (χ2v) is 10.2. The molecule has 4 heterocycles. The van der Waals surface area contributed by atoms with Crippen LogP contribution in [-0.2, 0) is 6.54 Å². The average molecular weight is 486 g/mol. The van der Waals surface area contributed by atoms with E-state index >= 15 is 0 Å². The second kappa shape index (κ2) is 10.0. The van der Waals surface area contributed by atoms with Crippen LogP contribution in [0, 0.1) is 6.92 Å². The lowest BCUT2D eigenvalue weighted by Crippen LogP contribution is -2.46. The zero-order chi connectivity index (χ0) is 22.8. The number of rotatable bonds is 6. The van der Waals surface area contributed by atoms with Crippen LogP contribution >= 0.6 is 22.9 Å². The standard InChI is InChI=1S/C24H32ClN7S/c1-3-28-9-15-31(16-10-28)23-26-27-24(33-23)32-8-4-5-21(32)18-29-11-13-30(14-12-29)22-17-20(25)7-6-19(22)2/h4-8,17H,3,9-16,18H2,1-2H3. The summed E-state index contributed by atoms with van der Waals surface area (Å²) in [6.45, 7) is 14.7. The smallest absolute Gasteiger partial charge is 0.218 e. The number of nitrogens with zero attached hydrogens (tertiary/aromatic N) is 7. The van der Waals surface area contributed by atoms with Crippen LogP contribution < -0.4 is 9.80 Å². The molecule has 0 N–H and O–H groups in total. The molecule has 2 aliphatic heterocycles. The van der Waals surface area contributed by atoms with E-state index in [9.17, 15) is 0 Å². The predicted octanol–water partition coefficient (Wildman–Crippen LogP) is 3.75. The highest BCUT2D eigenvalue weighted by molar-refractivity contribution is 7.17. The van der Waals surface area contributed by atoms with E-state index in [0.717, 1.165) is 80.7 Å². The first-order valence-corrected chi connectivity index (χ1v) is 13.0. The van der Waals surface area contributed by atoms with E-state index in [-0.39, 0.29) is 0 Å². The van der Waals surface area contributed by atoms with Crippen molar-refractivity contribution in [1.82, 2.24) is 24.6 Å². The Morgan fingerprint density at radius 1 is 0.879 bits per heavy atom. The van der Waals surface area contributed by atoms with Gasteiger partial charge in [0.1, 0.15) is 0 Å². The maximum Gasteiger partial charge on any atom is 0.218 e. The van der Waals surface area contributed by atoms with Crippen LogP contribution in [0.15, 0.2) is 36.5 Å². The molecule has 0 spiro atoms. The van der Waals surface area contributed by atoms with Crippen LogP contribution in [0.2, 0.25) is 5.02 Å². The molecule has 3 aromatic rings. The molecular formula is C24H32ClN7S. The highest BCUT2D eigenvalue weighted by Crippen LogP contribution is 2.27. The monoisotopic (exact) mass is 485 g/mol.